The van der Waals surface area contributed by atoms with Crippen molar-refractivity contribution in [3.63, 3.8) is 0 Å². The van der Waals surface area contributed by atoms with Crippen LogP contribution in [-0.4, -0.2) is 0 Å². The molecule has 0 atom stereocenters. The molecule has 0 amide bonds. The van der Waals surface area contributed by atoms with Gasteiger partial charge in [-0.3, -0.25) is 0 Å². The SMILES string of the molecule is c1ccc2cc(-c3c4ccccc4c(-c4cc5ccccc5c5oc6c7ccccc7ccc6c45)c4ccccc34)ccc2c1. The Kier molecular flexibility index (Phi) is 5.06. The number of furan rings is 1. The third-order valence-electron chi connectivity index (χ3n) is 9.59. The van der Waals surface area contributed by atoms with Crippen molar-refractivity contribution in [1.82, 2.24) is 0 Å². The van der Waals surface area contributed by atoms with Crippen LogP contribution in [0.25, 0.3) is 98.1 Å². The molecule has 0 spiro atoms. The van der Waals surface area contributed by atoms with E-state index in [0.29, 0.717) is 0 Å². The Bertz CT molecular complexity index is 2760. The minimum atomic E-state index is 0.946. The van der Waals surface area contributed by atoms with Crippen molar-refractivity contribution in [3.05, 3.63) is 158 Å². The summed E-state index contributed by atoms with van der Waals surface area (Å²) in [6.07, 6.45) is 0. The Hall–Kier alpha value is -5.92. The van der Waals surface area contributed by atoms with Gasteiger partial charge in [-0.1, -0.05) is 140 Å². The summed E-state index contributed by atoms with van der Waals surface area (Å²) >= 11 is 0. The highest BCUT2D eigenvalue weighted by atomic mass is 16.3. The largest absolute Gasteiger partial charge is 0.455 e. The predicted octanol–water partition coefficient (Wildman–Crippen LogP) is 12.7. The molecular weight excluding hydrogens is 544 g/mol. The quantitative estimate of drug-likeness (QED) is 0.188. The molecule has 0 aliphatic heterocycles. The van der Waals surface area contributed by atoms with Gasteiger partial charge in [0.1, 0.15) is 11.2 Å². The summed E-state index contributed by atoms with van der Waals surface area (Å²) in [6, 6.07) is 57.3. The molecule has 208 valence electrons. The van der Waals surface area contributed by atoms with Crippen molar-refractivity contribution < 1.29 is 4.42 Å². The fraction of sp³-hybridized carbons (Fsp3) is 0. The van der Waals surface area contributed by atoms with Gasteiger partial charge in [0.05, 0.1) is 0 Å². The zero-order valence-electron chi connectivity index (χ0n) is 24.4. The third kappa shape index (κ3) is 3.50. The molecule has 0 N–H and O–H groups in total. The van der Waals surface area contributed by atoms with E-state index in [9.17, 15) is 0 Å². The highest BCUT2D eigenvalue weighted by molar-refractivity contribution is 6.30. The second kappa shape index (κ2) is 9.29. The van der Waals surface area contributed by atoms with E-state index in [4.69, 9.17) is 4.42 Å². The van der Waals surface area contributed by atoms with Gasteiger partial charge in [-0.25, -0.2) is 0 Å². The van der Waals surface area contributed by atoms with Crippen molar-refractivity contribution in [2.45, 2.75) is 0 Å². The minimum absolute atomic E-state index is 0.946. The summed E-state index contributed by atoms with van der Waals surface area (Å²) in [5, 5.41) is 14.4. The van der Waals surface area contributed by atoms with Gasteiger partial charge in [0.25, 0.3) is 0 Å². The predicted molar refractivity (Wildman–Crippen MR) is 192 cm³/mol. The van der Waals surface area contributed by atoms with Gasteiger partial charge < -0.3 is 4.42 Å². The lowest BCUT2D eigenvalue weighted by molar-refractivity contribution is 0.676. The number of hydrogen-bond acceptors (Lipinski definition) is 1. The summed E-state index contributed by atoms with van der Waals surface area (Å²) in [6.45, 7) is 0. The first-order valence-electron chi connectivity index (χ1n) is 15.5. The summed E-state index contributed by atoms with van der Waals surface area (Å²) in [5.74, 6) is 0. The molecule has 10 aromatic rings. The van der Waals surface area contributed by atoms with Gasteiger partial charge >= 0.3 is 0 Å². The van der Waals surface area contributed by atoms with E-state index in [1.807, 2.05) is 0 Å². The average molecular weight is 571 g/mol. The molecule has 0 bridgehead atoms. The van der Waals surface area contributed by atoms with Crippen LogP contribution in [0.1, 0.15) is 0 Å². The van der Waals surface area contributed by atoms with Gasteiger partial charge in [0, 0.05) is 21.5 Å². The number of rotatable bonds is 2. The molecule has 0 unspecified atom stereocenters. The van der Waals surface area contributed by atoms with E-state index in [2.05, 4.69) is 158 Å². The Morgan fingerprint density at radius 1 is 0.311 bits per heavy atom. The maximum atomic E-state index is 6.90. The smallest absolute Gasteiger partial charge is 0.143 e. The lowest BCUT2D eigenvalue weighted by Crippen LogP contribution is -1.92. The number of fused-ring (bicyclic) bond motifs is 10. The van der Waals surface area contributed by atoms with Gasteiger partial charge in [0.15, 0.2) is 0 Å². The molecule has 0 aliphatic carbocycles. The van der Waals surface area contributed by atoms with Crippen molar-refractivity contribution in [2.24, 2.45) is 0 Å². The Morgan fingerprint density at radius 2 is 0.822 bits per heavy atom. The highest BCUT2D eigenvalue weighted by Crippen LogP contribution is 2.49. The molecule has 1 heterocycles. The normalized spacial score (nSPS) is 12.0. The second-order valence-corrected chi connectivity index (χ2v) is 12.0. The van der Waals surface area contributed by atoms with Crippen molar-refractivity contribution in [2.75, 3.05) is 0 Å². The van der Waals surface area contributed by atoms with E-state index in [1.54, 1.807) is 0 Å². The standard InChI is InChI=1S/C44H26O/c1-2-13-29-25-31(22-21-27(29)11-1)40-34-17-7-9-19-36(34)41(37-20-10-8-18-35(37)40)39-26-30-14-4-6-16-33(30)44-42(39)38-24-23-28-12-3-5-15-32(28)43(38)45-44/h1-26H. The van der Waals surface area contributed by atoms with Gasteiger partial charge in [-0.15, -0.1) is 0 Å². The van der Waals surface area contributed by atoms with Crippen LogP contribution in [0.2, 0.25) is 0 Å². The van der Waals surface area contributed by atoms with Gasteiger partial charge in [-0.2, -0.15) is 0 Å². The molecule has 0 saturated carbocycles. The molecule has 0 radical (unpaired) electrons. The van der Waals surface area contributed by atoms with Crippen molar-refractivity contribution >= 4 is 75.8 Å². The zero-order valence-corrected chi connectivity index (χ0v) is 24.4. The van der Waals surface area contributed by atoms with E-state index < -0.39 is 0 Å². The highest BCUT2D eigenvalue weighted by Gasteiger charge is 2.22. The van der Waals surface area contributed by atoms with Crippen LogP contribution >= 0.6 is 0 Å². The molecule has 0 saturated heterocycles. The summed E-state index contributed by atoms with van der Waals surface area (Å²) < 4.78 is 6.90. The Balaban J connectivity index is 1.40. The average Bonchev–Trinajstić information content (AvgIpc) is 3.51. The molecule has 0 fully saturated rings. The Labute approximate surface area is 259 Å². The van der Waals surface area contributed by atoms with Crippen LogP contribution in [0.5, 0.6) is 0 Å². The molecule has 1 heteroatoms. The molecular formula is C44H26O. The number of hydrogen-bond donors (Lipinski definition) is 0. The molecule has 9 aromatic carbocycles. The van der Waals surface area contributed by atoms with Crippen LogP contribution in [0.3, 0.4) is 0 Å². The van der Waals surface area contributed by atoms with Crippen LogP contribution < -0.4 is 0 Å². The van der Waals surface area contributed by atoms with Gasteiger partial charge in [-0.05, 0) is 83.5 Å². The summed E-state index contributed by atoms with van der Waals surface area (Å²) in [5.41, 5.74) is 6.85. The topological polar surface area (TPSA) is 13.1 Å². The zero-order chi connectivity index (χ0) is 29.5. The van der Waals surface area contributed by atoms with E-state index >= 15 is 0 Å². The lowest BCUT2D eigenvalue weighted by atomic mass is 9.84. The van der Waals surface area contributed by atoms with Crippen LogP contribution in [0, 0.1) is 0 Å². The van der Waals surface area contributed by atoms with Crippen molar-refractivity contribution in [3.8, 4) is 22.3 Å². The molecule has 10 rings (SSSR count). The summed E-state index contributed by atoms with van der Waals surface area (Å²) in [4.78, 5) is 0. The monoisotopic (exact) mass is 570 g/mol. The maximum absolute atomic E-state index is 6.90. The van der Waals surface area contributed by atoms with Gasteiger partial charge in [0.2, 0.25) is 0 Å². The first-order valence-corrected chi connectivity index (χ1v) is 15.5. The lowest BCUT2D eigenvalue weighted by Gasteiger charge is -2.19. The fourth-order valence-corrected chi connectivity index (χ4v) is 7.61. The molecule has 1 aromatic heterocycles. The second-order valence-electron chi connectivity index (χ2n) is 12.0. The number of benzene rings is 9. The van der Waals surface area contributed by atoms with Crippen molar-refractivity contribution in [1.29, 1.82) is 0 Å². The van der Waals surface area contributed by atoms with E-state index in [-0.39, 0.29) is 0 Å². The van der Waals surface area contributed by atoms with E-state index in [1.165, 1.54) is 70.7 Å². The Morgan fingerprint density at radius 3 is 1.51 bits per heavy atom. The molecule has 0 aliphatic rings. The first kappa shape index (κ1) is 24.5. The minimum Gasteiger partial charge on any atom is -0.455 e. The summed E-state index contributed by atoms with van der Waals surface area (Å²) in [7, 11) is 0. The first-order chi connectivity index (χ1) is 22.3. The van der Waals surface area contributed by atoms with Crippen LogP contribution in [0.15, 0.2) is 162 Å². The fourth-order valence-electron chi connectivity index (χ4n) is 7.61. The molecule has 45 heavy (non-hydrogen) atoms. The third-order valence-corrected chi connectivity index (χ3v) is 9.59. The van der Waals surface area contributed by atoms with E-state index in [0.717, 1.165) is 27.3 Å². The van der Waals surface area contributed by atoms with Crippen LogP contribution in [0.4, 0.5) is 0 Å². The maximum Gasteiger partial charge on any atom is 0.143 e. The van der Waals surface area contributed by atoms with Crippen LogP contribution in [-0.2, 0) is 0 Å². The molecule has 1 nitrogen and oxygen atoms in total.